The molecule has 2 unspecified atom stereocenters. The van der Waals surface area contributed by atoms with Crippen molar-refractivity contribution < 1.29 is 14.7 Å². The van der Waals surface area contributed by atoms with Crippen molar-refractivity contribution in [2.24, 2.45) is 0 Å². The van der Waals surface area contributed by atoms with Crippen molar-refractivity contribution in [1.82, 2.24) is 4.90 Å². The number of aliphatic hydroxyl groups excluding tert-OH is 1. The molecule has 0 aromatic heterocycles. The SMILES string of the molecule is Cc1c(Cl)cccc1N1C(=O)CC(N2CCCCC2CCO)C1=O. The monoisotopic (exact) mass is 350 g/mol. The minimum atomic E-state index is -0.423. The molecule has 2 aliphatic heterocycles. The second-order valence-corrected chi connectivity index (χ2v) is 6.98. The summed E-state index contributed by atoms with van der Waals surface area (Å²) in [5, 5.41) is 9.84. The molecular formula is C18H23ClN2O3. The molecule has 2 fully saturated rings. The molecule has 0 spiro atoms. The minimum absolute atomic E-state index is 0.104. The number of nitrogens with zero attached hydrogens (tertiary/aromatic N) is 2. The summed E-state index contributed by atoms with van der Waals surface area (Å²) >= 11 is 6.15. The van der Waals surface area contributed by atoms with E-state index in [1.54, 1.807) is 18.2 Å². The Hall–Kier alpha value is -1.43. The number of aliphatic hydroxyl groups is 1. The lowest BCUT2D eigenvalue weighted by molar-refractivity contribution is -0.124. The molecule has 0 saturated carbocycles. The number of carbonyl (C=O) groups excluding carboxylic acids is 2. The fourth-order valence-electron chi connectivity index (χ4n) is 3.86. The molecule has 0 bridgehead atoms. The van der Waals surface area contributed by atoms with Crippen LogP contribution in [0.15, 0.2) is 18.2 Å². The molecule has 130 valence electrons. The smallest absolute Gasteiger partial charge is 0.251 e. The molecule has 0 radical (unpaired) electrons. The average molecular weight is 351 g/mol. The predicted molar refractivity (Wildman–Crippen MR) is 93.1 cm³/mol. The molecule has 2 atom stereocenters. The van der Waals surface area contributed by atoms with E-state index in [1.807, 2.05) is 6.92 Å². The van der Waals surface area contributed by atoms with Gasteiger partial charge in [-0.2, -0.15) is 0 Å². The first-order chi connectivity index (χ1) is 11.5. The molecule has 6 heteroatoms. The Balaban J connectivity index is 1.87. The first-order valence-electron chi connectivity index (χ1n) is 8.53. The van der Waals surface area contributed by atoms with Gasteiger partial charge in [0, 0.05) is 17.7 Å². The van der Waals surface area contributed by atoms with Gasteiger partial charge in [0.05, 0.1) is 18.2 Å². The van der Waals surface area contributed by atoms with Gasteiger partial charge < -0.3 is 5.11 Å². The highest BCUT2D eigenvalue weighted by Gasteiger charge is 2.45. The number of halogens is 1. The molecule has 1 N–H and O–H groups in total. The second-order valence-electron chi connectivity index (χ2n) is 6.57. The van der Waals surface area contributed by atoms with Crippen molar-refractivity contribution in [3.8, 4) is 0 Å². The third-order valence-electron chi connectivity index (χ3n) is 5.14. The molecule has 1 aromatic carbocycles. The minimum Gasteiger partial charge on any atom is -0.396 e. The normalized spacial score (nSPS) is 25.5. The lowest BCUT2D eigenvalue weighted by Gasteiger charge is -2.38. The van der Waals surface area contributed by atoms with Crippen molar-refractivity contribution in [1.29, 1.82) is 0 Å². The topological polar surface area (TPSA) is 60.9 Å². The Morgan fingerprint density at radius 1 is 1.29 bits per heavy atom. The van der Waals surface area contributed by atoms with Gasteiger partial charge in [-0.15, -0.1) is 0 Å². The van der Waals surface area contributed by atoms with Crippen LogP contribution in [0.5, 0.6) is 0 Å². The summed E-state index contributed by atoms with van der Waals surface area (Å²) in [5.41, 5.74) is 1.32. The van der Waals surface area contributed by atoms with Crippen molar-refractivity contribution >= 4 is 29.1 Å². The van der Waals surface area contributed by atoms with Crippen molar-refractivity contribution in [2.45, 2.75) is 51.1 Å². The van der Waals surface area contributed by atoms with E-state index in [1.165, 1.54) is 4.90 Å². The fourth-order valence-corrected chi connectivity index (χ4v) is 4.03. The van der Waals surface area contributed by atoms with Gasteiger partial charge in [0.15, 0.2) is 0 Å². The zero-order valence-electron chi connectivity index (χ0n) is 13.9. The number of hydrogen-bond acceptors (Lipinski definition) is 4. The van der Waals surface area contributed by atoms with Crippen LogP contribution in [0.3, 0.4) is 0 Å². The molecule has 24 heavy (non-hydrogen) atoms. The fraction of sp³-hybridized carbons (Fsp3) is 0.556. The standard InChI is InChI=1S/C18H23ClN2O3/c1-12-14(19)6-4-7-15(12)21-17(23)11-16(18(21)24)20-9-3-2-5-13(20)8-10-22/h4,6-7,13,16,22H,2-3,5,8-11H2,1H3. The molecule has 5 nitrogen and oxygen atoms in total. The Bertz CT molecular complexity index is 647. The van der Waals surface area contributed by atoms with Gasteiger partial charge in [0.2, 0.25) is 5.91 Å². The number of carbonyl (C=O) groups is 2. The second kappa shape index (κ2) is 7.21. The number of imide groups is 1. The van der Waals surface area contributed by atoms with E-state index in [4.69, 9.17) is 11.6 Å². The van der Waals surface area contributed by atoms with Gasteiger partial charge in [-0.3, -0.25) is 14.5 Å². The Labute approximate surface area is 147 Å². The Morgan fingerprint density at radius 3 is 2.83 bits per heavy atom. The van der Waals surface area contributed by atoms with E-state index in [2.05, 4.69) is 4.90 Å². The lowest BCUT2D eigenvalue weighted by atomic mass is 9.97. The largest absolute Gasteiger partial charge is 0.396 e. The van der Waals surface area contributed by atoms with Crippen molar-refractivity contribution in [3.05, 3.63) is 28.8 Å². The van der Waals surface area contributed by atoms with Crippen molar-refractivity contribution in [2.75, 3.05) is 18.1 Å². The van der Waals surface area contributed by atoms with Crippen LogP contribution in [0.25, 0.3) is 0 Å². The summed E-state index contributed by atoms with van der Waals surface area (Å²) in [7, 11) is 0. The third kappa shape index (κ3) is 3.08. The van der Waals surface area contributed by atoms with Crippen LogP contribution in [-0.4, -0.2) is 47.1 Å². The zero-order chi connectivity index (χ0) is 17.3. The van der Waals surface area contributed by atoms with Crippen LogP contribution in [0.1, 0.15) is 37.7 Å². The summed E-state index contributed by atoms with van der Waals surface area (Å²) in [6, 6.07) is 5.03. The van der Waals surface area contributed by atoms with Gasteiger partial charge in [0.25, 0.3) is 5.91 Å². The summed E-state index contributed by atoms with van der Waals surface area (Å²) in [4.78, 5) is 29.0. The highest BCUT2D eigenvalue weighted by atomic mass is 35.5. The molecule has 2 heterocycles. The quantitative estimate of drug-likeness (QED) is 0.848. The molecular weight excluding hydrogens is 328 g/mol. The van der Waals surface area contributed by atoms with Gasteiger partial charge in [-0.1, -0.05) is 24.1 Å². The van der Waals surface area contributed by atoms with E-state index in [-0.39, 0.29) is 30.9 Å². The first-order valence-corrected chi connectivity index (χ1v) is 8.91. The van der Waals surface area contributed by atoms with Gasteiger partial charge in [0.1, 0.15) is 0 Å². The zero-order valence-corrected chi connectivity index (χ0v) is 14.6. The summed E-state index contributed by atoms with van der Waals surface area (Å²) in [5.74, 6) is -0.348. The number of anilines is 1. The molecule has 2 saturated heterocycles. The highest BCUT2D eigenvalue weighted by molar-refractivity contribution is 6.32. The van der Waals surface area contributed by atoms with Gasteiger partial charge in [-0.25, -0.2) is 4.90 Å². The number of rotatable bonds is 4. The summed E-state index contributed by atoms with van der Waals surface area (Å²) in [6.07, 6.45) is 3.94. The van der Waals surface area contributed by atoms with Crippen molar-refractivity contribution in [3.63, 3.8) is 0 Å². The Morgan fingerprint density at radius 2 is 2.08 bits per heavy atom. The predicted octanol–water partition coefficient (Wildman–Crippen LogP) is 2.52. The highest BCUT2D eigenvalue weighted by Crippen LogP contribution is 2.34. The molecule has 0 aliphatic carbocycles. The molecule has 1 aromatic rings. The van der Waals surface area contributed by atoms with E-state index in [0.717, 1.165) is 31.4 Å². The first kappa shape index (κ1) is 17.4. The van der Waals surface area contributed by atoms with Crippen LogP contribution in [0.4, 0.5) is 5.69 Å². The van der Waals surface area contributed by atoms with Gasteiger partial charge in [-0.05, 0) is 50.4 Å². The van der Waals surface area contributed by atoms with Crippen LogP contribution in [0.2, 0.25) is 5.02 Å². The van der Waals surface area contributed by atoms with Crippen LogP contribution in [0, 0.1) is 6.92 Å². The summed E-state index contributed by atoms with van der Waals surface area (Å²) in [6.45, 7) is 2.73. The number of likely N-dealkylation sites (tertiary alicyclic amines) is 1. The molecule has 2 aliphatic rings. The lowest BCUT2D eigenvalue weighted by Crippen LogP contribution is -2.50. The van der Waals surface area contributed by atoms with Crippen LogP contribution < -0.4 is 4.90 Å². The van der Waals surface area contributed by atoms with E-state index in [9.17, 15) is 14.7 Å². The Kier molecular flexibility index (Phi) is 5.23. The van der Waals surface area contributed by atoms with E-state index in [0.29, 0.717) is 17.1 Å². The average Bonchev–Trinajstić information content (AvgIpc) is 2.86. The van der Waals surface area contributed by atoms with E-state index < -0.39 is 6.04 Å². The number of amides is 2. The maximum absolute atomic E-state index is 13.0. The maximum Gasteiger partial charge on any atom is 0.251 e. The number of hydrogen-bond donors (Lipinski definition) is 1. The summed E-state index contributed by atoms with van der Waals surface area (Å²) < 4.78 is 0. The van der Waals surface area contributed by atoms with E-state index >= 15 is 0 Å². The number of piperidine rings is 1. The van der Waals surface area contributed by atoms with Gasteiger partial charge >= 0.3 is 0 Å². The molecule has 2 amide bonds. The number of benzene rings is 1. The maximum atomic E-state index is 13.0. The van der Waals surface area contributed by atoms with Crippen LogP contribution >= 0.6 is 11.6 Å². The molecule has 3 rings (SSSR count). The third-order valence-corrected chi connectivity index (χ3v) is 5.55. The van der Waals surface area contributed by atoms with Crippen LogP contribution in [-0.2, 0) is 9.59 Å².